The van der Waals surface area contributed by atoms with E-state index in [-0.39, 0.29) is 35.9 Å². The lowest BCUT2D eigenvalue weighted by atomic mass is 9.92. The fraction of sp³-hybridized carbons (Fsp3) is 0.476. The van der Waals surface area contributed by atoms with Gasteiger partial charge in [0.05, 0.1) is 10.9 Å². The number of carbonyl (C=O) groups excluding carboxylic acids is 1. The first-order valence-corrected chi connectivity index (χ1v) is 12.5. The van der Waals surface area contributed by atoms with Crippen LogP contribution in [-0.2, 0) is 21.2 Å². The fourth-order valence-corrected chi connectivity index (χ4v) is 6.87. The normalized spacial score (nSPS) is 20.9. The van der Waals surface area contributed by atoms with Gasteiger partial charge in [-0.1, -0.05) is 6.92 Å². The summed E-state index contributed by atoms with van der Waals surface area (Å²) in [5.41, 5.74) is 1.24. The number of sulfonamides is 1. The lowest BCUT2D eigenvalue weighted by Crippen LogP contribution is -2.47. The van der Waals surface area contributed by atoms with Gasteiger partial charge in [-0.2, -0.15) is 4.31 Å². The van der Waals surface area contributed by atoms with Crippen molar-refractivity contribution in [2.45, 2.75) is 43.5 Å². The molecule has 0 unspecified atom stereocenters. The molecule has 1 atom stereocenters. The highest BCUT2D eigenvalue weighted by Gasteiger charge is 2.37. The maximum Gasteiger partial charge on any atom is 0.243 e. The number of nitrogens with zero attached hydrogens (tertiary/aromatic N) is 2. The van der Waals surface area contributed by atoms with Crippen molar-refractivity contribution in [1.29, 1.82) is 0 Å². The van der Waals surface area contributed by atoms with Gasteiger partial charge in [0.25, 0.3) is 0 Å². The summed E-state index contributed by atoms with van der Waals surface area (Å²) in [7, 11) is -3.92. The topological polar surface area (TPSA) is 57.7 Å². The van der Waals surface area contributed by atoms with Crippen LogP contribution in [-0.4, -0.2) is 43.2 Å². The molecule has 1 saturated heterocycles. The van der Waals surface area contributed by atoms with Crippen molar-refractivity contribution >= 4 is 27.3 Å². The van der Waals surface area contributed by atoms with Gasteiger partial charge < -0.3 is 4.90 Å². The van der Waals surface area contributed by atoms with Gasteiger partial charge >= 0.3 is 0 Å². The molecular formula is C21H24F2N2O3S2. The Bertz CT molecular complexity index is 1050. The average Bonchev–Trinajstić information content (AvgIpc) is 3.23. The Labute approximate surface area is 179 Å². The zero-order valence-electron chi connectivity index (χ0n) is 16.7. The van der Waals surface area contributed by atoms with Gasteiger partial charge in [0.15, 0.2) is 11.6 Å². The molecule has 1 fully saturated rings. The quantitative estimate of drug-likeness (QED) is 0.703. The Morgan fingerprint density at radius 3 is 2.53 bits per heavy atom. The second-order valence-corrected chi connectivity index (χ2v) is 10.7. The van der Waals surface area contributed by atoms with Gasteiger partial charge in [0.2, 0.25) is 15.9 Å². The van der Waals surface area contributed by atoms with E-state index in [1.54, 1.807) is 11.3 Å². The van der Waals surface area contributed by atoms with Crippen molar-refractivity contribution in [3.63, 3.8) is 0 Å². The van der Waals surface area contributed by atoms with Crippen molar-refractivity contribution in [2.75, 3.05) is 19.6 Å². The summed E-state index contributed by atoms with van der Waals surface area (Å²) in [5.74, 6) is -2.41. The maximum atomic E-state index is 13.5. The van der Waals surface area contributed by atoms with Crippen LogP contribution in [0.5, 0.6) is 0 Å². The third-order valence-corrected chi connectivity index (χ3v) is 8.99. The van der Waals surface area contributed by atoms with Crippen molar-refractivity contribution in [2.24, 2.45) is 5.92 Å². The molecule has 4 rings (SSSR count). The standard InChI is InChI=1S/C21H24F2N2O3S2/c1-2-19-16-8-12-29-20(16)7-11-25(19)21(26)14-5-9-24(10-6-14)30(27,28)15-3-4-17(22)18(23)13-15/h3-4,8,12-14,19H,2,5-7,9-11H2,1H3/t19-/m1/s1. The van der Waals surface area contributed by atoms with Crippen LogP contribution in [0.15, 0.2) is 34.5 Å². The number of thiophene rings is 1. The van der Waals surface area contributed by atoms with Gasteiger partial charge in [-0.05, 0) is 60.9 Å². The molecule has 2 aromatic rings. The first-order chi connectivity index (χ1) is 14.3. The van der Waals surface area contributed by atoms with E-state index in [2.05, 4.69) is 18.4 Å². The molecule has 0 aliphatic carbocycles. The minimum atomic E-state index is -3.92. The smallest absolute Gasteiger partial charge is 0.243 e. The van der Waals surface area contributed by atoms with Crippen LogP contribution in [0.4, 0.5) is 8.78 Å². The maximum absolute atomic E-state index is 13.5. The Hall–Kier alpha value is -1.84. The monoisotopic (exact) mass is 454 g/mol. The zero-order chi connectivity index (χ0) is 21.5. The molecule has 0 radical (unpaired) electrons. The molecule has 30 heavy (non-hydrogen) atoms. The number of benzene rings is 1. The first kappa shape index (κ1) is 21.4. The van der Waals surface area contributed by atoms with E-state index in [9.17, 15) is 22.0 Å². The predicted molar refractivity (Wildman–Crippen MR) is 111 cm³/mol. The molecule has 0 bridgehead atoms. The molecule has 2 aliphatic rings. The summed E-state index contributed by atoms with van der Waals surface area (Å²) in [6.07, 6.45) is 2.55. The minimum absolute atomic E-state index is 0.0800. The first-order valence-electron chi connectivity index (χ1n) is 10.1. The number of carbonyl (C=O) groups is 1. The van der Waals surface area contributed by atoms with Gasteiger partial charge in [-0.3, -0.25) is 4.79 Å². The molecule has 1 aromatic heterocycles. The molecule has 2 aliphatic heterocycles. The molecule has 5 nitrogen and oxygen atoms in total. The van der Waals surface area contributed by atoms with E-state index < -0.39 is 21.7 Å². The number of hydrogen-bond donors (Lipinski definition) is 0. The molecule has 1 amide bonds. The number of hydrogen-bond acceptors (Lipinski definition) is 4. The van der Waals surface area contributed by atoms with Crippen molar-refractivity contribution < 1.29 is 22.0 Å². The molecule has 162 valence electrons. The van der Waals surface area contributed by atoms with E-state index in [0.29, 0.717) is 25.5 Å². The fourth-order valence-electron chi connectivity index (χ4n) is 4.46. The van der Waals surface area contributed by atoms with Crippen molar-refractivity contribution in [3.8, 4) is 0 Å². The van der Waals surface area contributed by atoms with Crippen LogP contribution in [0.2, 0.25) is 0 Å². The van der Waals surface area contributed by atoms with Crippen molar-refractivity contribution in [3.05, 3.63) is 51.7 Å². The molecule has 3 heterocycles. The van der Waals surface area contributed by atoms with Gasteiger partial charge in [-0.25, -0.2) is 17.2 Å². The van der Waals surface area contributed by atoms with Crippen LogP contribution < -0.4 is 0 Å². The summed E-state index contributed by atoms with van der Waals surface area (Å²) >= 11 is 1.74. The highest BCUT2D eigenvalue weighted by Crippen LogP contribution is 2.37. The van der Waals surface area contributed by atoms with Gasteiger partial charge in [0, 0.05) is 30.4 Å². The van der Waals surface area contributed by atoms with E-state index in [0.717, 1.165) is 25.0 Å². The Kier molecular flexibility index (Phi) is 5.96. The number of halogens is 2. The van der Waals surface area contributed by atoms with E-state index in [4.69, 9.17) is 0 Å². The number of fused-ring (bicyclic) bond motifs is 1. The number of amides is 1. The highest BCUT2D eigenvalue weighted by molar-refractivity contribution is 7.89. The molecule has 1 aromatic carbocycles. The molecule has 0 N–H and O–H groups in total. The minimum Gasteiger partial charge on any atom is -0.335 e. The Balaban J connectivity index is 1.44. The average molecular weight is 455 g/mol. The van der Waals surface area contributed by atoms with Gasteiger partial charge in [-0.15, -0.1) is 11.3 Å². The SMILES string of the molecule is CC[C@@H]1c2ccsc2CCN1C(=O)C1CCN(S(=O)(=O)c2ccc(F)c(F)c2)CC1. The lowest BCUT2D eigenvalue weighted by Gasteiger charge is -2.39. The third-order valence-electron chi connectivity index (χ3n) is 6.10. The van der Waals surface area contributed by atoms with Crippen LogP contribution in [0, 0.1) is 17.6 Å². The van der Waals surface area contributed by atoms with Crippen LogP contribution in [0.1, 0.15) is 42.7 Å². The zero-order valence-corrected chi connectivity index (χ0v) is 18.3. The van der Waals surface area contributed by atoms with Crippen LogP contribution >= 0.6 is 11.3 Å². The van der Waals surface area contributed by atoms with E-state index in [1.807, 2.05) is 4.90 Å². The Morgan fingerprint density at radius 1 is 1.13 bits per heavy atom. The largest absolute Gasteiger partial charge is 0.335 e. The second-order valence-electron chi connectivity index (χ2n) is 7.76. The second kappa shape index (κ2) is 8.36. The van der Waals surface area contributed by atoms with Crippen molar-refractivity contribution in [1.82, 2.24) is 9.21 Å². The van der Waals surface area contributed by atoms with Crippen LogP contribution in [0.3, 0.4) is 0 Å². The van der Waals surface area contributed by atoms with E-state index >= 15 is 0 Å². The van der Waals surface area contributed by atoms with Gasteiger partial charge in [0.1, 0.15) is 0 Å². The number of rotatable bonds is 4. The summed E-state index contributed by atoms with van der Waals surface area (Å²) in [6.45, 7) is 3.14. The third kappa shape index (κ3) is 3.78. The molecule has 9 heteroatoms. The summed E-state index contributed by atoms with van der Waals surface area (Å²) in [5, 5.41) is 2.07. The summed E-state index contributed by atoms with van der Waals surface area (Å²) in [4.78, 5) is 16.3. The Morgan fingerprint density at radius 2 is 1.87 bits per heavy atom. The lowest BCUT2D eigenvalue weighted by molar-refractivity contribution is -0.139. The summed E-state index contributed by atoms with van der Waals surface area (Å²) < 4.78 is 53.5. The molecule has 0 saturated carbocycles. The molecule has 0 spiro atoms. The highest BCUT2D eigenvalue weighted by atomic mass is 32.2. The van der Waals surface area contributed by atoms with Crippen LogP contribution in [0.25, 0.3) is 0 Å². The summed E-state index contributed by atoms with van der Waals surface area (Å²) in [6, 6.07) is 4.78. The van der Waals surface area contributed by atoms with E-state index in [1.165, 1.54) is 14.7 Å². The predicted octanol–water partition coefficient (Wildman–Crippen LogP) is 3.96. The molecular weight excluding hydrogens is 430 g/mol. The number of piperidine rings is 1.